The van der Waals surface area contributed by atoms with Crippen LogP contribution in [0.3, 0.4) is 0 Å². The van der Waals surface area contributed by atoms with Crippen LogP contribution in [-0.2, 0) is 0 Å². The van der Waals surface area contributed by atoms with E-state index in [-0.39, 0.29) is 23.6 Å². The molecular formula is C21H25N3O5. The first-order valence-electron chi connectivity index (χ1n) is 9.38. The average Bonchev–Trinajstić information content (AvgIpc) is 2.74. The number of hydrogen-bond acceptors (Lipinski definition) is 6. The standard InChI is InChI=1S/C21H25N3O5/c1-23-11-10-18(22-21(25)14-4-7-16(8-5-14)24(26)27)17(13-23)15-6-9-19(28-2)20(12-15)29-3/h4-9,12,17-18H,10-11,13H2,1-3H3,(H,22,25). The van der Waals surface area contributed by atoms with Gasteiger partial charge in [0, 0.05) is 36.2 Å². The second kappa shape index (κ2) is 8.91. The molecule has 0 saturated carbocycles. The van der Waals surface area contributed by atoms with Crippen molar-refractivity contribution >= 4 is 11.6 Å². The number of carbonyl (C=O) groups excluding carboxylic acids is 1. The van der Waals surface area contributed by atoms with Gasteiger partial charge in [-0.2, -0.15) is 0 Å². The molecule has 29 heavy (non-hydrogen) atoms. The van der Waals surface area contributed by atoms with Crippen molar-refractivity contribution in [3.8, 4) is 11.5 Å². The summed E-state index contributed by atoms with van der Waals surface area (Å²) in [4.78, 5) is 25.3. The number of nitrogens with one attached hydrogen (secondary N) is 1. The summed E-state index contributed by atoms with van der Waals surface area (Å²) in [6.07, 6.45) is 0.800. The lowest BCUT2D eigenvalue weighted by Crippen LogP contribution is -2.48. The van der Waals surface area contributed by atoms with Gasteiger partial charge in [0.1, 0.15) is 0 Å². The van der Waals surface area contributed by atoms with Gasteiger partial charge in [-0.25, -0.2) is 0 Å². The van der Waals surface area contributed by atoms with Crippen LogP contribution in [0.2, 0.25) is 0 Å². The largest absolute Gasteiger partial charge is 0.493 e. The molecule has 8 nitrogen and oxygen atoms in total. The second-order valence-electron chi connectivity index (χ2n) is 7.16. The Labute approximate surface area is 169 Å². The summed E-state index contributed by atoms with van der Waals surface area (Å²) < 4.78 is 10.8. The number of methoxy groups -OCH3 is 2. The van der Waals surface area contributed by atoms with E-state index in [1.165, 1.54) is 24.3 Å². The number of nitro groups is 1. The van der Waals surface area contributed by atoms with Gasteiger partial charge < -0.3 is 19.7 Å². The van der Waals surface area contributed by atoms with E-state index in [1.807, 2.05) is 18.2 Å². The third-order valence-electron chi connectivity index (χ3n) is 5.31. The number of amides is 1. The van der Waals surface area contributed by atoms with Crippen molar-refractivity contribution in [1.82, 2.24) is 10.2 Å². The van der Waals surface area contributed by atoms with Crippen molar-refractivity contribution in [3.63, 3.8) is 0 Å². The number of benzene rings is 2. The Kier molecular flexibility index (Phi) is 6.33. The van der Waals surface area contributed by atoms with Crippen molar-refractivity contribution in [2.24, 2.45) is 0 Å². The Balaban J connectivity index is 1.81. The highest BCUT2D eigenvalue weighted by atomic mass is 16.6. The third-order valence-corrected chi connectivity index (χ3v) is 5.31. The molecule has 0 bridgehead atoms. The van der Waals surface area contributed by atoms with Gasteiger partial charge in [-0.15, -0.1) is 0 Å². The zero-order chi connectivity index (χ0) is 21.0. The molecule has 1 saturated heterocycles. The van der Waals surface area contributed by atoms with Crippen molar-refractivity contribution in [1.29, 1.82) is 0 Å². The molecule has 0 spiro atoms. The minimum Gasteiger partial charge on any atom is -0.493 e. The molecule has 154 valence electrons. The Morgan fingerprint density at radius 3 is 2.45 bits per heavy atom. The number of piperidine rings is 1. The minimum absolute atomic E-state index is 0.0379. The van der Waals surface area contributed by atoms with Crippen molar-refractivity contribution in [2.45, 2.75) is 18.4 Å². The number of non-ortho nitro benzene ring substituents is 1. The van der Waals surface area contributed by atoms with Crippen LogP contribution in [0.4, 0.5) is 5.69 Å². The highest BCUT2D eigenvalue weighted by molar-refractivity contribution is 5.94. The summed E-state index contributed by atoms with van der Waals surface area (Å²) in [5.74, 6) is 1.15. The fourth-order valence-corrected chi connectivity index (χ4v) is 3.70. The van der Waals surface area contributed by atoms with Crippen LogP contribution >= 0.6 is 0 Å². The molecule has 0 radical (unpaired) electrons. The quantitative estimate of drug-likeness (QED) is 0.593. The van der Waals surface area contributed by atoms with Crippen LogP contribution in [0.25, 0.3) is 0 Å². The molecule has 2 aromatic carbocycles. The smallest absolute Gasteiger partial charge is 0.269 e. The number of likely N-dealkylation sites (tertiary alicyclic amines) is 1. The molecule has 8 heteroatoms. The fraction of sp³-hybridized carbons (Fsp3) is 0.381. The molecule has 2 unspecified atom stereocenters. The predicted molar refractivity (Wildman–Crippen MR) is 109 cm³/mol. The van der Waals surface area contributed by atoms with E-state index in [0.29, 0.717) is 17.1 Å². The Bertz CT molecular complexity index is 884. The molecule has 2 aromatic rings. The van der Waals surface area contributed by atoms with Gasteiger partial charge in [0.2, 0.25) is 0 Å². The lowest BCUT2D eigenvalue weighted by Gasteiger charge is -2.37. The molecule has 1 N–H and O–H groups in total. The Hall–Kier alpha value is -3.13. The summed E-state index contributed by atoms with van der Waals surface area (Å²) in [5, 5.41) is 13.9. The van der Waals surface area contributed by atoms with Gasteiger partial charge in [-0.05, 0) is 49.8 Å². The number of rotatable bonds is 6. The van der Waals surface area contributed by atoms with Crippen molar-refractivity contribution in [2.75, 3.05) is 34.4 Å². The van der Waals surface area contributed by atoms with Crippen molar-refractivity contribution in [3.05, 3.63) is 63.7 Å². The molecule has 3 rings (SSSR count). The van der Waals surface area contributed by atoms with E-state index in [0.717, 1.165) is 25.1 Å². The van der Waals surface area contributed by atoms with Crippen LogP contribution in [0.5, 0.6) is 11.5 Å². The normalized spacial score (nSPS) is 19.4. The van der Waals surface area contributed by atoms with Crippen LogP contribution in [0.1, 0.15) is 28.3 Å². The molecular weight excluding hydrogens is 374 g/mol. The molecule has 1 fully saturated rings. The lowest BCUT2D eigenvalue weighted by atomic mass is 9.85. The first-order valence-corrected chi connectivity index (χ1v) is 9.38. The van der Waals surface area contributed by atoms with Crippen LogP contribution in [-0.4, -0.2) is 56.1 Å². The molecule has 2 atom stereocenters. The van der Waals surface area contributed by atoms with Gasteiger partial charge in [-0.1, -0.05) is 6.07 Å². The summed E-state index contributed by atoms with van der Waals surface area (Å²) in [6, 6.07) is 11.4. The first-order chi connectivity index (χ1) is 13.9. The maximum absolute atomic E-state index is 12.7. The molecule has 0 aliphatic carbocycles. The van der Waals surface area contributed by atoms with Gasteiger partial charge in [0.15, 0.2) is 11.5 Å². The molecule has 1 amide bonds. The number of carbonyl (C=O) groups is 1. The maximum Gasteiger partial charge on any atom is 0.269 e. The number of nitrogens with zero attached hydrogens (tertiary/aromatic N) is 2. The number of ether oxygens (including phenoxy) is 2. The van der Waals surface area contributed by atoms with E-state index in [2.05, 4.69) is 17.3 Å². The fourth-order valence-electron chi connectivity index (χ4n) is 3.70. The zero-order valence-corrected chi connectivity index (χ0v) is 16.8. The summed E-state index contributed by atoms with van der Waals surface area (Å²) in [7, 11) is 5.25. The van der Waals surface area contributed by atoms with E-state index in [1.54, 1.807) is 14.2 Å². The third kappa shape index (κ3) is 4.65. The average molecular weight is 399 g/mol. The topological polar surface area (TPSA) is 93.9 Å². The molecule has 1 aliphatic heterocycles. The monoisotopic (exact) mass is 399 g/mol. The van der Waals surface area contributed by atoms with E-state index in [9.17, 15) is 14.9 Å². The first kappa shape index (κ1) is 20.6. The van der Waals surface area contributed by atoms with Crippen LogP contribution in [0, 0.1) is 10.1 Å². The second-order valence-corrected chi connectivity index (χ2v) is 7.16. The van der Waals surface area contributed by atoms with Gasteiger partial charge in [0.25, 0.3) is 11.6 Å². The van der Waals surface area contributed by atoms with Crippen molar-refractivity contribution < 1.29 is 19.2 Å². The van der Waals surface area contributed by atoms with E-state index < -0.39 is 4.92 Å². The Morgan fingerprint density at radius 2 is 1.83 bits per heavy atom. The summed E-state index contributed by atoms with van der Waals surface area (Å²) >= 11 is 0. The summed E-state index contributed by atoms with van der Waals surface area (Å²) in [5.41, 5.74) is 1.42. The van der Waals surface area contributed by atoms with Gasteiger partial charge in [0.05, 0.1) is 19.1 Å². The summed E-state index contributed by atoms with van der Waals surface area (Å²) in [6.45, 7) is 1.66. The van der Waals surface area contributed by atoms with E-state index >= 15 is 0 Å². The highest BCUT2D eigenvalue weighted by Gasteiger charge is 2.31. The molecule has 0 aromatic heterocycles. The number of nitro benzene ring substituents is 1. The predicted octanol–water partition coefficient (Wildman–Crippen LogP) is 2.83. The van der Waals surface area contributed by atoms with Crippen LogP contribution in [0.15, 0.2) is 42.5 Å². The van der Waals surface area contributed by atoms with Crippen LogP contribution < -0.4 is 14.8 Å². The van der Waals surface area contributed by atoms with Gasteiger partial charge in [-0.3, -0.25) is 14.9 Å². The van der Waals surface area contributed by atoms with Gasteiger partial charge >= 0.3 is 0 Å². The molecule has 1 heterocycles. The highest BCUT2D eigenvalue weighted by Crippen LogP contribution is 2.34. The Morgan fingerprint density at radius 1 is 1.14 bits per heavy atom. The maximum atomic E-state index is 12.7. The zero-order valence-electron chi connectivity index (χ0n) is 16.8. The molecule has 1 aliphatic rings. The van der Waals surface area contributed by atoms with E-state index in [4.69, 9.17) is 9.47 Å². The number of likely N-dealkylation sites (N-methyl/N-ethyl adjacent to an activating group) is 1. The SMILES string of the molecule is COc1ccc(C2CN(C)CCC2NC(=O)c2ccc([N+](=O)[O-])cc2)cc1OC. The minimum atomic E-state index is -0.480. The lowest BCUT2D eigenvalue weighted by molar-refractivity contribution is -0.384. The number of hydrogen-bond donors (Lipinski definition) is 1.